The molecule has 0 heterocycles. The molecule has 0 radical (unpaired) electrons. The minimum absolute atomic E-state index is 0.132. The summed E-state index contributed by atoms with van der Waals surface area (Å²) in [6.45, 7) is 2.06. The molecule has 0 saturated carbocycles. The van der Waals surface area contributed by atoms with E-state index in [1.54, 1.807) is 24.3 Å². The van der Waals surface area contributed by atoms with Crippen LogP contribution in [-0.4, -0.2) is 25.5 Å². The smallest absolute Gasteiger partial charge is 0.337 e. The zero-order valence-corrected chi connectivity index (χ0v) is 14.4. The highest BCUT2D eigenvalue weighted by Gasteiger charge is 2.07. The van der Waals surface area contributed by atoms with Crippen LogP contribution in [-0.2, 0) is 9.53 Å². The minimum atomic E-state index is -0.389. The average molecular weight is 377 g/mol. The molecule has 5 nitrogen and oxygen atoms in total. The van der Waals surface area contributed by atoms with Crippen molar-refractivity contribution in [2.45, 2.75) is 6.92 Å². The van der Waals surface area contributed by atoms with Crippen molar-refractivity contribution >= 4 is 39.2 Å². The minimum Gasteiger partial charge on any atom is -0.465 e. The number of amides is 1. The van der Waals surface area contributed by atoms with Gasteiger partial charge in [0.15, 0.2) is 0 Å². The van der Waals surface area contributed by atoms with Crippen molar-refractivity contribution in [2.24, 2.45) is 0 Å². The number of anilines is 2. The molecular weight excluding hydrogens is 360 g/mol. The van der Waals surface area contributed by atoms with Gasteiger partial charge in [0.1, 0.15) is 0 Å². The van der Waals surface area contributed by atoms with Gasteiger partial charge in [-0.1, -0.05) is 15.9 Å². The molecule has 0 saturated heterocycles. The Balaban J connectivity index is 1.90. The van der Waals surface area contributed by atoms with Crippen LogP contribution >= 0.6 is 15.9 Å². The van der Waals surface area contributed by atoms with E-state index in [-0.39, 0.29) is 18.4 Å². The predicted octanol–water partition coefficient (Wildman–Crippen LogP) is 3.59. The molecule has 0 aliphatic heterocycles. The maximum atomic E-state index is 12.0. The third kappa shape index (κ3) is 4.82. The monoisotopic (exact) mass is 376 g/mol. The van der Waals surface area contributed by atoms with E-state index in [4.69, 9.17) is 0 Å². The SMILES string of the molecule is COC(=O)c1ccc(NCC(=O)Nc2ccc(Br)cc2C)cc1. The first-order valence-electron chi connectivity index (χ1n) is 6.98. The summed E-state index contributed by atoms with van der Waals surface area (Å²) in [6.07, 6.45) is 0. The van der Waals surface area contributed by atoms with E-state index in [2.05, 4.69) is 31.3 Å². The van der Waals surface area contributed by atoms with Crippen molar-refractivity contribution in [1.82, 2.24) is 0 Å². The first-order valence-corrected chi connectivity index (χ1v) is 7.77. The summed E-state index contributed by atoms with van der Waals surface area (Å²) in [6, 6.07) is 12.4. The Hall–Kier alpha value is -2.34. The lowest BCUT2D eigenvalue weighted by Crippen LogP contribution is -2.22. The van der Waals surface area contributed by atoms with E-state index in [1.165, 1.54) is 7.11 Å². The van der Waals surface area contributed by atoms with E-state index >= 15 is 0 Å². The third-order valence-corrected chi connectivity index (χ3v) is 3.71. The summed E-state index contributed by atoms with van der Waals surface area (Å²) in [5.41, 5.74) is 2.98. The molecule has 1 amide bonds. The number of nitrogens with one attached hydrogen (secondary N) is 2. The standard InChI is InChI=1S/C17H17BrN2O3/c1-11-9-13(18)5-8-15(11)20-16(21)10-19-14-6-3-12(4-7-14)17(22)23-2/h3-9,19H,10H2,1-2H3,(H,20,21). The van der Waals surface area contributed by atoms with Gasteiger partial charge < -0.3 is 15.4 Å². The van der Waals surface area contributed by atoms with Gasteiger partial charge in [0.2, 0.25) is 5.91 Å². The van der Waals surface area contributed by atoms with Gasteiger partial charge in [-0.25, -0.2) is 4.79 Å². The van der Waals surface area contributed by atoms with Gasteiger partial charge in [0, 0.05) is 15.8 Å². The number of rotatable bonds is 5. The number of carbonyl (C=O) groups excluding carboxylic acids is 2. The number of carbonyl (C=O) groups is 2. The van der Waals surface area contributed by atoms with Gasteiger partial charge in [-0.2, -0.15) is 0 Å². The number of benzene rings is 2. The van der Waals surface area contributed by atoms with E-state index in [9.17, 15) is 9.59 Å². The molecule has 0 aliphatic carbocycles. The van der Waals surface area contributed by atoms with Gasteiger partial charge in [-0.05, 0) is 55.0 Å². The second kappa shape index (κ2) is 7.78. The van der Waals surface area contributed by atoms with Gasteiger partial charge in [-0.15, -0.1) is 0 Å². The summed E-state index contributed by atoms with van der Waals surface area (Å²) < 4.78 is 5.60. The summed E-state index contributed by atoms with van der Waals surface area (Å²) in [5, 5.41) is 5.86. The van der Waals surface area contributed by atoms with Gasteiger partial charge in [0.05, 0.1) is 19.2 Å². The van der Waals surface area contributed by atoms with E-state index in [0.29, 0.717) is 5.56 Å². The van der Waals surface area contributed by atoms with Crippen LogP contribution in [0.4, 0.5) is 11.4 Å². The number of hydrogen-bond donors (Lipinski definition) is 2. The number of esters is 1. The van der Waals surface area contributed by atoms with Crippen molar-refractivity contribution < 1.29 is 14.3 Å². The van der Waals surface area contributed by atoms with Crippen molar-refractivity contribution in [2.75, 3.05) is 24.3 Å². The third-order valence-electron chi connectivity index (χ3n) is 3.22. The predicted molar refractivity (Wildman–Crippen MR) is 93.8 cm³/mol. The summed E-state index contributed by atoms with van der Waals surface area (Å²) in [4.78, 5) is 23.3. The molecule has 2 N–H and O–H groups in total. The molecule has 2 aromatic carbocycles. The highest BCUT2D eigenvalue weighted by Crippen LogP contribution is 2.20. The normalized spacial score (nSPS) is 10.0. The molecular formula is C17H17BrN2O3. The summed E-state index contributed by atoms with van der Waals surface area (Å²) >= 11 is 3.39. The van der Waals surface area contributed by atoms with Crippen molar-refractivity contribution in [3.63, 3.8) is 0 Å². The zero-order valence-electron chi connectivity index (χ0n) is 12.9. The second-order valence-electron chi connectivity index (χ2n) is 4.93. The molecule has 0 aromatic heterocycles. The molecule has 2 rings (SSSR count). The molecule has 6 heteroatoms. The Morgan fingerprint density at radius 2 is 1.83 bits per heavy atom. The fourth-order valence-electron chi connectivity index (χ4n) is 1.99. The van der Waals surface area contributed by atoms with Gasteiger partial charge in [0.25, 0.3) is 0 Å². The van der Waals surface area contributed by atoms with Crippen LogP contribution in [0.15, 0.2) is 46.9 Å². The number of methoxy groups -OCH3 is 1. The first-order chi connectivity index (χ1) is 11.0. The Bertz CT molecular complexity index is 714. The van der Waals surface area contributed by atoms with Crippen molar-refractivity contribution in [1.29, 1.82) is 0 Å². The molecule has 0 spiro atoms. The molecule has 0 aliphatic rings. The van der Waals surface area contributed by atoms with Crippen LogP contribution in [0.3, 0.4) is 0 Å². The highest BCUT2D eigenvalue weighted by atomic mass is 79.9. The quantitative estimate of drug-likeness (QED) is 0.782. The fourth-order valence-corrected chi connectivity index (χ4v) is 2.46. The molecule has 23 heavy (non-hydrogen) atoms. The highest BCUT2D eigenvalue weighted by molar-refractivity contribution is 9.10. The van der Waals surface area contributed by atoms with Crippen molar-refractivity contribution in [3.05, 3.63) is 58.1 Å². The van der Waals surface area contributed by atoms with Crippen molar-refractivity contribution in [3.8, 4) is 0 Å². The molecule has 0 unspecified atom stereocenters. The number of ether oxygens (including phenoxy) is 1. The largest absolute Gasteiger partial charge is 0.465 e. The first kappa shape index (κ1) is 17.0. The maximum absolute atomic E-state index is 12.0. The fraction of sp³-hybridized carbons (Fsp3) is 0.176. The van der Waals surface area contributed by atoms with Crippen LogP contribution in [0.5, 0.6) is 0 Å². The topological polar surface area (TPSA) is 67.4 Å². The van der Waals surface area contributed by atoms with Crippen LogP contribution in [0.25, 0.3) is 0 Å². The molecule has 0 atom stereocenters. The summed E-state index contributed by atoms with van der Waals surface area (Å²) in [7, 11) is 1.34. The molecule has 0 bridgehead atoms. The average Bonchev–Trinajstić information content (AvgIpc) is 2.55. The lowest BCUT2D eigenvalue weighted by Gasteiger charge is -2.10. The Kier molecular flexibility index (Phi) is 5.76. The summed E-state index contributed by atoms with van der Waals surface area (Å²) in [5.74, 6) is -0.535. The number of aryl methyl sites for hydroxylation is 1. The Labute approximate surface area is 143 Å². The van der Waals surface area contributed by atoms with Crippen LogP contribution < -0.4 is 10.6 Å². The van der Waals surface area contributed by atoms with E-state index in [1.807, 2.05) is 25.1 Å². The zero-order chi connectivity index (χ0) is 16.8. The number of halogens is 1. The van der Waals surface area contributed by atoms with E-state index < -0.39 is 0 Å². The Morgan fingerprint density at radius 3 is 2.43 bits per heavy atom. The second-order valence-corrected chi connectivity index (χ2v) is 5.85. The van der Waals surface area contributed by atoms with Crippen LogP contribution in [0.2, 0.25) is 0 Å². The van der Waals surface area contributed by atoms with Gasteiger partial charge in [-0.3, -0.25) is 4.79 Å². The Morgan fingerprint density at radius 1 is 1.13 bits per heavy atom. The lowest BCUT2D eigenvalue weighted by atomic mass is 10.2. The van der Waals surface area contributed by atoms with E-state index in [0.717, 1.165) is 21.4 Å². The van der Waals surface area contributed by atoms with Crippen LogP contribution in [0, 0.1) is 6.92 Å². The lowest BCUT2D eigenvalue weighted by molar-refractivity contribution is -0.114. The molecule has 120 valence electrons. The maximum Gasteiger partial charge on any atom is 0.337 e. The molecule has 0 fully saturated rings. The van der Waals surface area contributed by atoms with Gasteiger partial charge >= 0.3 is 5.97 Å². The van der Waals surface area contributed by atoms with Crippen LogP contribution in [0.1, 0.15) is 15.9 Å². The number of hydrogen-bond acceptors (Lipinski definition) is 4. The molecule has 2 aromatic rings.